The summed E-state index contributed by atoms with van der Waals surface area (Å²) in [6.45, 7) is 9.35. The lowest BCUT2D eigenvalue weighted by Gasteiger charge is -2.30. The molecule has 3 heteroatoms. The molecular weight excluding hydrogens is 190 g/mol. The zero-order valence-corrected chi connectivity index (χ0v) is 10.7. The normalized spacial score (nSPS) is 14.2. The standard InChI is InChI=1S/C12H27NO2/c1-5-12(6-2,10-14)9-13-7-11(3)8-15-4/h11,13-14H,5-10H2,1-4H3. The summed E-state index contributed by atoms with van der Waals surface area (Å²) in [4.78, 5) is 0. The minimum Gasteiger partial charge on any atom is -0.396 e. The predicted octanol–water partition coefficient (Wildman–Crippen LogP) is 1.66. The van der Waals surface area contributed by atoms with Crippen molar-refractivity contribution in [1.82, 2.24) is 5.32 Å². The number of aliphatic hydroxyl groups excluding tert-OH is 1. The van der Waals surface area contributed by atoms with E-state index in [4.69, 9.17) is 4.74 Å². The molecule has 0 aliphatic rings. The first kappa shape index (κ1) is 14.9. The van der Waals surface area contributed by atoms with Crippen molar-refractivity contribution in [1.29, 1.82) is 0 Å². The summed E-state index contributed by atoms with van der Waals surface area (Å²) in [7, 11) is 1.73. The minimum absolute atomic E-state index is 0.0623. The molecule has 0 aromatic rings. The molecule has 92 valence electrons. The van der Waals surface area contributed by atoms with Crippen LogP contribution in [0.25, 0.3) is 0 Å². The molecule has 15 heavy (non-hydrogen) atoms. The molecule has 0 aromatic heterocycles. The van der Waals surface area contributed by atoms with E-state index >= 15 is 0 Å². The van der Waals surface area contributed by atoms with Gasteiger partial charge in [0.05, 0.1) is 0 Å². The highest BCUT2D eigenvalue weighted by Crippen LogP contribution is 2.24. The molecule has 0 saturated carbocycles. The lowest BCUT2D eigenvalue weighted by Crippen LogP contribution is -2.38. The van der Waals surface area contributed by atoms with Gasteiger partial charge in [0.1, 0.15) is 0 Å². The SMILES string of the molecule is CCC(CC)(CO)CNCC(C)COC. The molecule has 0 heterocycles. The van der Waals surface area contributed by atoms with Crippen LogP contribution in [-0.2, 0) is 4.74 Å². The average molecular weight is 217 g/mol. The van der Waals surface area contributed by atoms with Crippen LogP contribution in [-0.4, -0.2) is 38.5 Å². The van der Waals surface area contributed by atoms with Gasteiger partial charge in [-0.3, -0.25) is 0 Å². The first-order valence-corrected chi connectivity index (χ1v) is 5.94. The summed E-state index contributed by atoms with van der Waals surface area (Å²) >= 11 is 0. The van der Waals surface area contributed by atoms with E-state index in [9.17, 15) is 5.11 Å². The van der Waals surface area contributed by atoms with Crippen LogP contribution in [0.5, 0.6) is 0 Å². The molecule has 0 bridgehead atoms. The van der Waals surface area contributed by atoms with Crippen molar-refractivity contribution in [2.24, 2.45) is 11.3 Å². The number of hydrogen-bond donors (Lipinski definition) is 2. The summed E-state index contributed by atoms with van der Waals surface area (Å²) in [5.41, 5.74) is 0.0623. The summed E-state index contributed by atoms with van der Waals surface area (Å²) in [5, 5.41) is 12.8. The van der Waals surface area contributed by atoms with E-state index in [1.54, 1.807) is 7.11 Å². The van der Waals surface area contributed by atoms with Crippen LogP contribution in [0.1, 0.15) is 33.6 Å². The van der Waals surface area contributed by atoms with Crippen molar-refractivity contribution < 1.29 is 9.84 Å². The molecule has 1 atom stereocenters. The maximum atomic E-state index is 9.38. The van der Waals surface area contributed by atoms with Crippen LogP contribution >= 0.6 is 0 Å². The third kappa shape index (κ3) is 5.50. The fraction of sp³-hybridized carbons (Fsp3) is 1.00. The molecule has 0 rings (SSSR count). The van der Waals surface area contributed by atoms with E-state index in [-0.39, 0.29) is 12.0 Å². The fourth-order valence-electron chi connectivity index (χ4n) is 1.71. The lowest BCUT2D eigenvalue weighted by molar-refractivity contribution is 0.108. The summed E-state index contributed by atoms with van der Waals surface area (Å²) < 4.78 is 5.08. The van der Waals surface area contributed by atoms with Crippen LogP contribution in [0.2, 0.25) is 0 Å². The number of methoxy groups -OCH3 is 1. The van der Waals surface area contributed by atoms with Crippen molar-refractivity contribution in [3.63, 3.8) is 0 Å². The largest absolute Gasteiger partial charge is 0.396 e. The monoisotopic (exact) mass is 217 g/mol. The summed E-state index contributed by atoms with van der Waals surface area (Å²) in [6.07, 6.45) is 2.04. The van der Waals surface area contributed by atoms with Crippen LogP contribution in [0.15, 0.2) is 0 Å². The Labute approximate surface area is 94.2 Å². The molecule has 1 unspecified atom stereocenters. The van der Waals surface area contributed by atoms with E-state index in [0.717, 1.165) is 32.5 Å². The van der Waals surface area contributed by atoms with Gasteiger partial charge in [0, 0.05) is 32.3 Å². The first-order chi connectivity index (χ1) is 7.14. The zero-order chi connectivity index (χ0) is 11.7. The van der Waals surface area contributed by atoms with E-state index in [0.29, 0.717) is 5.92 Å². The van der Waals surface area contributed by atoms with Crippen molar-refractivity contribution in [2.45, 2.75) is 33.6 Å². The quantitative estimate of drug-likeness (QED) is 0.617. The van der Waals surface area contributed by atoms with Crippen molar-refractivity contribution in [2.75, 3.05) is 33.4 Å². The van der Waals surface area contributed by atoms with E-state index in [2.05, 4.69) is 26.1 Å². The van der Waals surface area contributed by atoms with Gasteiger partial charge in [0.2, 0.25) is 0 Å². The molecule has 2 N–H and O–H groups in total. The Balaban J connectivity index is 3.80. The van der Waals surface area contributed by atoms with Gasteiger partial charge < -0.3 is 15.2 Å². The summed E-state index contributed by atoms with van der Waals surface area (Å²) in [6, 6.07) is 0. The molecule has 3 nitrogen and oxygen atoms in total. The highest BCUT2D eigenvalue weighted by Gasteiger charge is 2.24. The van der Waals surface area contributed by atoms with Crippen molar-refractivity contribution in [3.05, 3.63) is 0 Å². The van der Waals surface area contributed by atoms with Gasteiger partial charge in [-0.05, 0) is 25.3 Å². The van der Waals surface area contributed by atoms with Crippen molar-refractivity contribution >= 4 is 0 Å². The van der Waals surface area contributed by atoms with Crippen molar-refractivity contribution in [3.8, 4) is 0 Å². The Hall–Kier alpha value is -0.120. The predicted molar refractivity (Wildman–Crippen MR) is 64.0 cm³/mol. The third-order valence-electron chi connectivity index (χ3n) is 3.28. The number of hydrogen-bond acceptors (Lipinski definition) is 3. The first-order valence-electron chi connectivity index (χ1n) is 5.94. The molecule has 0 aliphatic heterocycles. The molecule has 0 saturated heterocycles. The van der Waals surface area contributed by atoms with Gasteiger partial charge in [0.15, 0.2) is 0 Å². The molecule has 0 aromatic carbocycles. The third-order valence-corrected chi connectivity index (χ3v) is 3.28. The Morgan fingerprint density at radius 1 is 1.33 bits per heavy atom. The van der Waals surface area contributed by atoms with Gasteiger partial charge in [0.25, 0.3) is 0 Å². The number of aliphatic hydroxyl groups is 1. The van der Waals surface area contributed by atoms with Gasteiger partial charge in [-0.2, -0.15) is 0 Å². The Bertz CT molecular complexity index is 138. The number of ether oxygens (including phenoxy) is 1. The van der Waals surface area contributed by atoms with E-state index in [1.807, 2.05) is 0 Å². The van der Waals surface area contributed by atoms with Gasteiger partial charge in [-0.1, -0.05) is 20.8 Å². The summed E-state index contributed by atoms with van der Waals surface area (Å²) in [5.74, 6) is 0.528. The maximum Gasteiger partial charge on any atom is 0.0499 e. The second kappa shape index (κ2) is 8.08. The van der Waals surface area contributed by atoms with E-state index < -0.39 is 0 Å². The zero-order valence-electron chi connectivity index (χ0n) is 10.7. The Morgan fingerprint density at radius 2 is 1.93 bits per heavy atom. The number of nitrogens with one attached hydrogen (secondary N) is 1. The highest BCUT2D eigenvalue weighted by molar-refractivity contribution is 4.78. The average Bonchev–Trinajstić information content (AvgIpc) is 2.25. The lowest BCUT2D eigenvalue weighted by atomic mass is 9.83. The Kier molecular flexibility index (Phi) is 8.02. The van der Waals surface area contributed by atoms with Crippen LogP contribution in [0.4, 0.5) is 0 Å². The minimum atomic E-state index is 0.0623. The Morgan fingerprint density at radius 3 is 2.33 bits per heavy atom. The molecule has 0 amide bonds. The molecular formula is C12H27NO2. The molecule has 0 radical (unpaired) electrons. The van der Waals surface area contributed by atoms with Crippen LogP contribution < -0.4 is 5.32 Å². The van der Waals surface area contributed by atoms with Crippen LogP contribution in [0.3, 0.4) is 0 Å². The number of rotatable bonds is 9. The maximum absolute atomic E-state index is 9.38. The topological polar surface area (TPSA) is 41.5 Å². The second-order valence-corrected chi connectivity index (χ2v) is 4.56. The van der Waals surface area contributed by atoms with Gasteiger partial charge >= 0.3 is 0 Å². The molecule has 0 aliphatic carbocycles. The second-order valence-electron chi connectivity index (χ2n) is 4.56. The highest BCUT2D eigenvalue weighted by atomic mass is 16.5. The van der Waals surface area contributed by atoms with Crippen LogP contribution in [0, 0.1) is 11.3 Å². The molecule has 0 spiro atoms. The fourth-order valence-corrected chi connectivity index (χ4v) is 1.71. The van der Waals surface area contributed by atoms with Gasteiger partial charge in [-0.15, -0.1) is 0 Å². The molecule has 0 fully saturated rings. The van der Waals surface area contributed by atoms with Gasteiger partial charge in [-0.25, -0.2) is 0 Å². The smallest absolute Gasteiger partial charge is 0.0499 e. The van der Waals surface area contributed by atoms with E-state index in [1.165, 1.54) is 0 Å².